The lowest BCUT2D eigenvalue weighted by molar-refractivity contribution is 0.0123. The number of thiophene rings is 1. The van der Waals surface area contributed by atoms with Crippen LogP contribution in [0, 0.1) is 11.6 Å². The first-order valence-corrected chi connectivity index (χ1v) is 7.00. The molecule has 2 aromatic rings. The molecule has 5 heteroatoms. The molecule has 1 aromatic carbocycles. The van der Waals surface area contributed by atoms with Crippen LogP contribution in [0.25, 0.3) is 0 Å². The van der Waals surface area contributed by atoms with E-state index in [1.165, 1.54) is 17.7 Å². The van der Waals surface area contributed by atoms with Crippen LogP contribution in [0.15, 0.2) is 35.0 Å². The van der Waals surface area contributed by atoms with E-state index in [1.807, 2.05) is 0 Å². The monoisotopic (exact) mass is 281 g/mol. The zero-order chi connectivity index (χ0) is 13.2. The third-order valence-corrected chi connectivity index (χ3v) is 3.83. The van der Waals surface area contributed by atoms with Crippen LogP contribution in [0.2, 0.25) is 0 Å². The standard InChI is InChI=1S/C14H13F2NOS/c15-11-1-2-14(13(16)5-11)18-12-7-17(8-12)6-10-3-4-19-9-10/h1-5,9,12H,6-8H2. The molecule has 2 heterocycles. The van der Waals surface area contributed by atoms with Gasteiger partial charge in [0.15, 0.2) is 11.6 Å². The van der Waals surface area contributed by atoms with Crippen molar-refractivity contribution in [1.29, 1.82) is 0 Å². The molecule has 1 fully saturated rings. The molecule has 0 N–H and O–H groups in total. The van der Waals surface area contributed by atoms with E-state index in [-0.39, 0.29) is 11.9 Å². The molecule has 1 aliphatic heterocycles. The summed E-state index contributed by atoms with van der Waals surface area (Å²) >= 11 is 1.68. The van der Waals surface area contributed by atoms with Gasteiger partial charge in [0.1, 0.15) is 11.9 Å². The highest BCUT2D eigenvalue weighted by atomic mass is 32.1. The van der Waals surface area contributed by atoms with Crippen molar-refractivity contribution >= 4 is 11.3 Å². The van der Waals surface area contributed by atoms with Crippen molar-refractivity contribution < 1.29 is 13.5 Å². The van der Waals surface area contributed by atoms with Gasteiger partial charge in [0.25, 0.3) is 0 Å². The minimum Gasteiger partial charge on any atom is -0.485 e. The fourth-order valence-electron chi connectivity index (χ4n) is 2.12. The summed E-state index contributed by atoms with van der Waals surface area (Å²) in [5, 5.41) is 4.17. The molecule has 1 saturated heterocycles. The Kier molecular flexibility index (Phi) is 3.48. The Morgan fingerprint density at radius 2 is 2.11 bits per heavy atom. The Morgan fingerprint density at radius 3 is 2.79 bits per heavy atom. The van der Waals surface area contributed by atoms with E-state index in [0.717, 1.165) is 25.7 Å². The Morgan fingerprint density at radius 1 is 1.26 bits per heavy atom. The summed E-state index contributed by atoms with van der Waals surface area (Å²) in [7, 11) is 0. The van der Waals surface area contributed by atoms with Crippen molar-refractivity contribution in [3.63, 3.8) is 0 Å². The van der Waals surface area contributed by atoms with Crippen LogP contribution >= 0.6 is 11.3 Å². The molecule has 0 saturated carbocycles. The van der Waals surface area contributed by atoms with E-state index in [2.05, 4.69) is 21.7 Å². The SMILES string of the molecule is Fc1ccc(OC2CN(Cc3ccsc3)C2)c(F)c1. The molecule has 1 aromatic heterocycles. The molecule has 3 rings (SSSR count). The summed E-state index contributed by atoms with van der Waals surface area (Å²) in [5.41, 5.74) is 1.29. The van der Waals surface area contributed by atoms with Gasteiger partial charge in [-0.15, -0.1) is 0 Å². The Labute approximate surface area is 114 Å². The van der Waals surface area contributed by atoms with Gasteiger partial charge in [-0.25, -0.2) is 8.78 Å². The third kappa shape index (κ3) is 2.93. The van der Waals surface area contributed by atoms with Crippen molar-refractivity contribution in [2.75, 3.05) is 13.1 Å². The summed E-state index contributed by atoms with van der Waals surface area (Å²) in [6.45, 7) is 2.44. The lowest BCUT2D eigenvalue weighted by Crippen LogP contribution is -2.53. The van der Waals surface area contributed by atoms with Crippen LogP contribution in [0.1, 0.15) is 5.56 Å². The average Bonchev–Trinajstić information content (AvgIpc) is 2.82. The zero-order valence-electron chi connectivity index (χ0n) is 10.2. The summed E-state index contributed by atoms with van der Waals surface area (Å²) < 4.78 is 31.7. The molecule has 0 spiro atoms. The van der Waals surface area contributed by atoms with E-state index in [0.29, 0.717) is 0 Å². The molecule has 0 aliphatic carbocycles. The van der Waals surface area contributed by atoms with Gasteiger partial charge >= 0.3 is 0 Å². The van der Waals surface area contributed by atoms with E-state index < -0.39 is 11.6 Å². The molecule has 0 radical (unpaired) electrons. The lowest BCUT2D eigenvalue weighted by Gasteiger charge is -2.38. The number of halogens is 2. The van der Waals surface area contributed by atoms with E-state index in [9.17, 15) is 8.78 Å². The molecular weight excluding hydrogens is 268 g/mol. The second-order valence-electron chi connectivity index (χ2n) is 4.64. The molecule has 0 amide bonds. The van der Waals surface area contributed by atoms with Crippen LogP contribution < -0.4 is 4.74 Å². The minimum atomic E-state index is -0.642. The lowest BCUT2D eigenvalue weighted by atomic mass is 10.1. The van der Waals surface area contributed by atoms with Crippen molar-refractivity contribution in [2.45, 2.75) is 12.6 Å². The van der Waals surface area contributed by atoms with Gasteiger partial charge < -0.3 is 4.74 Å². The molecule has 100 valence electrons. The number of hydrogen-bond acceptors (Lipinski definition) is 3. The summed E-state index contributed by atoms with van der Waals surface area (Å²) in [6.07, 6.45) is -0.0152. The van der Waals surface area contributed by atoms with Crippen LogP contribution in [-0.4, -0.2) is 24.1 Å². The maximum absolute atomic E-state index is 13.4. The third-order valence-electron chi connectivity index (χ3n) is 3.10. The number of likely N-dealkylation sites (tertiary alicyclic amines) is 1. The van der Waals surface area contributed by atoms with E-state index in [1.54, 1.807) is 11.3 Å². The Balaban J connectivity index is 1.51. The highest BCUT2D eigenvalue weighted by Gasteiger charge is 2.29. The van der Waals surface area contributed by atoms with Gasteiger partial charge in [-0.2, -0.15) is 11.3 Å². The largest absolute Gasteiger partial charge is 0.485 e. The molecule has 0 unspecified atom stereocenters. The summed E-state index contributed by atoms with van der Waals surface area (Å²) in [4.78, 5) is 2.23. The van der Waals surface area contributed by atoms with E-state index >= 15 is 0 Å². The second-order valence-corrected chi connectivity index (χ2v) is 5.42. The second kappa shape index (κ2) is 5.27. The average molecular weight is 281 g/mol. The zero-order valence-corrected chi connectivity index (χ0v) is 11.0. The maximum Gasteiger partial charge on any atom is 0.167 e. The van der Waals surface area contributed by atoms with Crippen LogP contribution in [0.5, 0.6) is 5.75 Å². The van der Waals surface area contributed by atoms with Gasteiger partial charge in [-0.3, -0.25) is 4.90 Å². The van der Waals surface area contributed by atoms with Crippen LogP contribution in [0.3, 0.4) is 0 Å². The predicted molar refractivity (Wildman–Crippen MR) is 70.4 cm³/mol. The van der Waals surface area contributed by atoms with Crippen molar-refractivity contribution in [2.24, 2.45) is 0 Å². The molecule has 2 nitrogen and oxygen atoms in total. The summed E-state index contributed by atoms with van der Waals surface area (Å²) in [6, 6.07) is 5.49. The van der Waals surface area contributed by atoms with Gasteiger partial charge in [-0.1, -0.05) is 0 Å². The van der Waals surface area contributed by atoms with E-state index in [4.69, 9.17) is 4.74 Å². The van der Waals surface area contributed by atoms with Gasteiger partial charge in [0.05, 0.1) is 0 Å². The fraction of sp³-hybridized carbons (Fsp3) is 0.286. The number of nitrogens with zero attached hydrogens (tertiary/aromatic N) is 1. The van der Waals surface area contributed by atoms with Crippen molar-refractivity contribution in [3.8, 4) is 5.75 Å². The molecule has 19 heavy (non-hydrogen) atoms. The predicted octanol–water partition coefficient (Wildman–Crippen LogP) is 3.29. The van der Waals surface area contributed by atoms with Crippen molar-refractivity contribution in [3.05, 3.63) is 52.2 Å². The summed E-state index contributed by atoms with van der Waals surface area (Å²) in [5.74, 6) is -1.10. The highest BCUT2D eigenvalue weighted by molar-refractivity contribution is 7.07. The number of ether oxygens (including phenoxy) is 1. The minimum absolute atomic E-state index is 0.0152. The van der Waals surface area contributed by atoms with Gasteiger partial charge in [0, 0.05) is 25.7 Å². The molecule has 0 bridgehead atoms. The van der Waals surface area contributed by atoms with Gasteiger partial charge in [-0.05, 0) is 34.5 Å². The first-order chi connectivity index (χ1) is 9.20. The topological polar surface area (TPSA) is 12.5 Å². The highest BCUT2D eigenvalue weighted by Crippen LogP contribution is 2.23. The van der Waals surface area contributed by atoms with Crippen LogP contribution in [0.4, 0.5) is 8.78 Å². The smallest absolute Gasteiger partial charge is 0.167 e. The first kappa shape index (κ1) is 12.6. The quantitative estimate of drug-likeness (QED) is 0.852. The molecule has 0 atom stereocenters. The Bertz CT molecular complexity index is 553. The van der Waals surface area contributed by atoms with Gasteiger partial charge in [0.2, 0.25) is 0 Å². The molecule has 1 aliphatic rings. The number of benzene rings is 1. The Hall–Kier alpha value is -1.46. The normalized spacial score (nSPS) is 16.3. The fourth-order valence-corrected chi connectivity index (χ4v) is 2.78. The maximum atomic E-state index is 13.4. The van der Waals surface area contributed by atoms with Crippen LogP contribution in [-0.2, 0) is 6.54 Å². The number of rotatable bonds is 4. The molecular formula is C14H13F2NOS. The first-order valence-electron chi connectivity index (χ1n) is 6.06. The number of hydrogen-bond donors (Lipinski definition) is 0. The van der Waals surface area contributed by atoms with Crippen molar-refractivity contribution in [1.82, 2.24) is 4.90 Å².